The highest BCUT2D eigenvalue weighted by molar-refractivity contribution is 5.97. The van der Waals surface area contributed by atoms with Gasteiger partial charge in [0.05, 0.1) is 7.11 Å². The van der Waals surface area contributed by atoms with Crippen LogP contribution in [0.2, 0.25) is 0 Å². The summed E-state index contributed by atoms with van der Waals surface area (Å²) in [6, 6.07) is 6.66. The van der Waals surface area contributed by atoms with Crippen molar-refractivity contribution in [1.29, 1.82) is 0 Å². The SMILES string of the molecule is COc1ccc(Cn2ccc(C(=O)C(C)C)c2)cc1F. The van der Waals surface area contributed by atoms with E-state index in [1.54, 1.807) is 18.3 Å². The lowest BCUT2D eigenvalue weighted by Gasteiger charge is -2.06. The van der Waals surface area contributed by atoms with Crippen molar-refractivity contribution in [2.24, 2.45) is 5.92 Å². The van der Waals surface area contributed by atoms with Crippen molar-refractivity contribution < 1.29 is 13.9 Å². The molecule has 106 valence electrons. The van der Waals surface area contributed by atoms with Gasteiger partial charge in [0.25, 0.3) is 0 Å². The average Bonchev–Trinajstić information content (AvgIpc) is 2.86. The third-order valence-corrected chi connectivity index (χ3v) is 3.14. The molecule has 1 aromatic heterocycles. The zero-order chi connectivity index (χ0) is 14.7. The summed E-state index contributed by atoms with van der Waals surface area (Å²) in [5.41, 5.74) is 1.51. The van der Waals surface area contributed by atoms with Gasteiger partial charge >= 0.3 is 0 Å². The van der Waals surface area contributed by atoms with Crippen LogP contribution in [0.15, 0.2) is 36.7 Å². The van der Waals surface area contributed by atoms with E-state index in [9.17, 15) is 9.18 Å². The van der Waals surface area contributed by atoms with E-state index in [0.717, 1.165) is 5.56 Å². The lowest BCUT2D eigenvalue weighted by molar-refractivity contribution is 0.0939. The van der Waals surface area contributed by atoms with E-state index in [0.29, 0.717) is 12.1 Å². The zero-order valence-electron chi connectivity index (χ0n) is 11.9. The Balaban J connectivity index is 2.14. The molecular formula is C16H18FNO2. The first kappa shape index (κ1) is 14.3. The van der Waals surface area contributed by atoms with E-state index in [1.165, 1.54) is 13.2 Å². The minimum absolute atomic E-state index is 0.0238. The molecule has 0 saturated carbocycles. The molecule has 4 heteroatoms. The fourth-order valence-corrected chi connectivity index (χ4v) is 2.04. The number of halogens is 1. The fraction of sp³-hybridized carbons (Fsp3) is 0.312. The number of methoxy groups -OCH3 is 1. The van der Waals surface area contributed by atoms with Crippen LogP contribution in [-0.2, 0) is 6.54 Å². The zero-order valence-corrected chi connectivity index (χ0v) is 11.9. The second-order valence-electron chi connectivity index (χ2n) is 5.06. The van der Waals surface area contributed by atoms with Crippen LogP contribution in [0.25, 0.3) is 0 Å². The Morgan fingerprint density at radius 3 is 2.70 bits per heavy atom. The molecule has 2 aromatic rings. The minimum atomic E-state index is -0.379. The Morgan fingerprint density at radius 2 is 2.10 bits per heavy atom. The van der Waals surface area contributed by atoms with Crippen LogP contribution in [0.1, 0.15) is 29.8 Å². The molecule has 0 amide bonds. The first-order valence-corrected chi connectivity index (χ1v) is 6.53. The molecule has 0 bridgehead atoms. The predicted molar refractivity (Wildman–Crippen MR) is 75.7 cm³/mol. The summed E-state index contributed by atoms with van der Waals surface area (Å²) in [4.78, 5) is 11.9. The van der Waals surface area contributed by atoms with Gasteiger partial charge in [0.2, 0.25) is 0 Å². The molecule has 0 spiro atoms. The number of aromatic nitrogens is 1. The van der Waals surface area contributed by atoms with Crippen molar-refractivity contribution in [3.05, 3.63) is 53.6 Å². The summed E-state index contributed by atoms with van der Waals surface area (Å²) < 4.78 is 20.4. The number of carbonyl (C=O) groups is 1. The topological polar surface area (TPSA) is 31.2 Å². The maximum absolute atomic E-state index is 13.6. The molecule has 0 atom stereocenters. The standard InChI is InChI=1S/C16H18FNO2/c1-11(2)16(19)13-6-7-18(10-13)9-12-4-5-15(20-3)14(17)8-12/h4-8,10-11H,9H2,1-3H3. The number of carbonyl (C=O) groups excluding carboxylic acids is 1. The number of benzene rings is 1. The molecular weight excluding hydrogens is 257 g/mol. The molecule has 0 aliphatic carbocycles. The Bertz CT molecular complexity index is 617. The molecule has 0 aliphatic heterocycles. The molecule has 2 rings (SSSR count). The smallest absolute Gasteiger partial charge is 0.166 e. The lowest BCUT2D eigenvalue weighted by atomic mass is 10.0. The van der Waals surface area contributed by atoms with Crippen LogP contribution in [0.5, 0.6) is 5.75 Å². The van der Waals surface area contributed by atoms with E-state index in [1.807, 2.05) is 30.7 Å². The van der Waals surface area contributed by atoms with E-state index in [4.69, 9.17) is 4.74 Å². The number of hydrogen-bond donors (Lipinski definition) is 0. The number of ketones is 1. The van der Waals surface area contributed by atoms with Gasteiger partial charge in [-0.1, -0.05) is 19.9 Å². The molecule has 1 heterocycles. The molecule has 1 aromatic carbocycles. The number of ether oxygens (including phenoxy) is 1. The highest BCUT2D eigenvalue weighted by atomic mass is 19.1. The summed E-state index contributed by atoms with van der Waals surface area (Å²) >= 11 is 0. The molecule has 0 N–H and O–H groups in total. The van der Waals surface area contributed by atoms with E-state index < -0.39 is 0 Å². The van der Waals surface area contributed by atoms with Gasteiger partial charge < -0.3 is 9.30 Å². The van der Waals surface area contributed by atoms with E-state index >= 15 is 0 Å². The Kier molecular flexibility index (Phi) is 4.23. The molecule has 0 radical (unpaired) electrons. The predicted octanol–water partition coefficient (Wildman–Crippen LogP) is 3.52. The highest BCUT2D eigenvalue weighted by Crippen LogP contribution is 2.19. The lowest BCUT2D eigenvalue weighted by Crippen LogP contribution is -2.06. The summed E-state index contributed by atoms with van der Waals surface area (Å²) in [6.07, 6.45) is 3.63. The highest BCUT2D eigenvalue weighted by Gasteiger charge is 2.12. The molecule has 0 fully saturated rings. The Labute approximate surface area is 118 Å². The van der Waals surface area contributed by atoms with Gasteiger partial charge in [0.15, 0.2) is 17.3 Å². The van der Waals surface area contributed by atoms with Crippen molar-refractivity contribution in [2.75, 3.05) is 7.11 Å². The van der Waals surface area contributed by atoms with Crippen molar-refractivity contribution in [3.63, 3.8) is 0 Å². The second kappa shape index (κ2) is 5.90. The van der Waals surface area contributed by atoms with Gasteiger partial charge in [-0.15, -0.1) is 0 Å². The largest absolute Gasteiger partial charge is 0.494 e. The van der Waals surface area contributed by atoms with Crippen molar-refractivity contribution in [1.82, 2.24) is 4.57 Å². The first-order chi connectivity index (χ1) is 9.51. The fourth-order valence-electron chi connectivity index (χ4n) is 2.04. The first-order valence-electron chi connectivity index (χ1n) is 6.53. The third-order valence-electron chi connectivity index (χ3n) is 3.14. The number of nitrogens with zero attached hydrogens (tertiary/aromatic N) is 1. The molecule has 0 unspecified atom stereocenters. The van der Waals surface area contributed by atoms with Crippen LogP contribution in [0, 0.1) is 11.7 Å². The van der Waals surface area contributed by atoms with Crippen LogP contribution in [-0.4, -0.2) is 17.5 Å². The van der Waals surface area contributed by atoms with Crippen LogP contribution < -0.4 is 4.74 Å². The van der Waals surface area contributed by atoms with Crippen LogP contribution in [0.4, 0.5) is 4.39 Å². The van der Waals surface area contributed by atoms with Crippen LogP contribution >= 0.6 is 0 Å². The monoisotopic (exact) mass is 275 g/mol. The van der Waals surface area contributed by atoms with Crippen molar-refractivity contribution in [2.45, 2.75) is 20.4 Å². The second-order valence-corrected chi connectivity index (χ2v) is 5.06. The maximum Gasteiger partial charge on any atom is 0.166 e. The normalized spacial score (nSPS) is 10.8. The summed E-state index contributed by atoms with van der Waals surface area (Å²) in [5.74, 6) is -0.0542. The molecule has 0 saturated heterocycles. The summed E-state index contributed by atoms with van der Waals surface area (Å²) in [5, 5.41) is 0. The third kappa shape index (κ3) is 3.07. The number of rotatable bonds is 5. The molecule has 0 aliphatic rings. The van der Waals surface area contributed by atoms with Gasteiger partial charge in [0, 0.05) is 30.4 Å². The van der Waals surface area contributed by atoms with Gasteiger partial charge in [0.1, 0.15) is 0 Å². The number of hydrogen-bond acceptors (Lipinski definition) is 2. The van der Waals surface area contributed by atoms with Crippen molar-refractivity contribution >= 4 is 5.78 Å². The summed E-state index contributed by atoms with van der Waals surface area (Å²) in [7, 11) is 1.44. The minimum Gasteiger partial charge on any atom is -0.494 e. The van der Waals surface area contributed by atoms with Gasteiger partial charge in [-0.3, -0.25) is 4.79 Å². The maximum atomic E-state index is 13.6. The van der Waals surface area contributed by atoms with E-state index in [-0.39, 0.29) is 23.3 Å². The summed E-state index contributed by atoms with van der Waals surface area (Å²) in [6.45, 7) is 4.27. The van der Waals surface area contributed by atoms with Gasteiger partial charge in [-0.2, -0.15) is 0 Å². The number of Topliss-reactive ketones (excluding diaryl/α,β-unsaturated/α-hetero) is 1. The van der Waals surface area contributed by atoms with Crippen LogP contribution in [0.3, 0.4) is 0 Å². The Hall–Kier alpha value is -2.10. The quantitative estimate of drug-likeness (QED) is 0.782. The molecule has 3 nitrogen and oxygen atoms in total. The van der Waals surface area contributed by atoms with Gasteiger partial charge in [-0.05, 0) is 23.8 Å². The Morgan fingerprint density at radius 1 is 1.35 bits per heavy atom. The average molecular weight is 275 g/mol. The van der Waals surface area contributed by atoms with Crippen molar-refractivity contribution in [3.8, 4) is 5.75 Å². The molecule has 20 heavy (non-hydrogen) atoms. The van der Waals surface area contributed by atoms with Gasteiger partial charge in [-0.25, -0.2) is 4.39 Å². The van der Waals surface area contributed by atoms with E-state index in [2.05, 4.69) is 0 Å².